The molecule has 0 aromatic heterocycles. The molecule has 18 heavy (non-hydrogen) atoms. The summed E-state index contributed by atoms with van der Waals surface area (Å²) in [6.07, 6.45) is 16.8. The van der Waals surface area contributed by atoms with Gasteiger partial charge >= 0.3 is 0 Å². The van der Waals surface area contributed by atoms with Crippen LogP contribution in [0.25, 0.3) is 0 Å². The zero-order valence-electron chi connectivity index (χ0n) is 12.0. The lowest BCUT2D eigenvalue weighted by Crippen LogP contribution is -2.40. The van der Waals surface area contributed by atoms with Crippen LogP contribution in [0.5, 0.6) is 0 Å². The Labute approximate surface area is 112 Å². The Morgan fingerprint density at radius 3 is 2.56 bits per heavy atom. The number of allylic oxidation sites excluding steroid dienone is 1. The minimum atomic E-state index is 0.551. The first-order valence-corrected chi connectivity index (χ1v) is 8.21. The molecule has 0 atom stereocenters. The third-order valence-corrected chi connectivity index (χ3v) is 5.51. The third-order valence-electron chi connectivity index (χ3n) is 5.51. The van der Waals surface area contributed by atoms with Crippen LogP contribution < -0.4 is 5.32 Å². The molecule has 3 rings (SSSR count). The first-order chi connectivity index (χ1) is 8.78. The van der Waals surface area contributed by atoms with E-state index < -0.39 is 0 Å². The first-order valence-electron chi connectivity index (χ1n) is 8.21. The van der Waals surface area contributed by atoms with Crippen LogP contribution in [0.3, 0.4) is 0 Å². The molecule has 2 saturated carbocycles. The zero-order valence-corrected chi connectivity index (χ0v) is 12.0. The summed E-state index contributed by atoms with van der Waals surface area (Å²) in [5.74, 6) is 0.961. The van der Waals surface area contributed by atoms with E-state index in [9.17, 15) is 0 Å². The molecule has 0 aromatic rings. The van der Waals surface area contributed by atoms with Gasteiger partial charge in [-0.3, -0.25) is 0 Å². The molecule has 1 N–H and O–H groups in total. The zero-order chi connectivity index (χ0) is 12.4. The lowest BCUT2D eigenvalue weighted by Gasteiger charge is -2.43. The van der Waals surface area contributed by atoms with Gasteiger partial charge in [0.25, 0.3) is 0 Å². The van der Waals surface area contributed by atoms with E-state index in [0.717, 1.165) is 12.0 Å². The maximum Gasteiger partial charge on any atom is 0.00685 e. The monoisotopic (exact) mass is 247 g/mol. The largest absolute Gasteiger partial charge is 0.313 e. The highest BCUT2D eigenvalue weighted by molar-refractivity contribution is 5.19. The van der Waals surface area contributed by atoms with Gasteiger partial charge in [-0.05, 0) is 70.1 Å². The average Bonchev–Trinajstić information content (AvgIpc) is 3.24. The van der Waals surface area contributed by atoms with Crippen LogP contribution in [-0.4, -0.2) is 12.6 Å². The minimum absolute atomic E-state index is 0.551. The number of rotatable bonds is 4. The summed E-state index contributed by atoms with van der Waals surface area (Å²) in [7, 11) is 0. The fraction of sp³-hybridized carbons (Fsp3) is 0.882. The van der Waals surface area contributed by atoms with Crippen LogP contribution in [0.15, 0.2) is 11.6 Å². The van der Waals surface area contributed by atoms with Gasteiger partial charge in [-0.25, -0.2) is 0 Å². The summed E-state index contributed by atoms with van der Waals surface area (Å²) >= 11 is 0. The summed E-state index contributed by atoms with van der Waals surface area (Å²) in [5.41, 5.74) is 2.38. The van der Waals surface area contributed by atoms with Gasteiger partial charge in [0.2, 0.25) is 0 Å². The molecule has 0 heterocycles. The molecule has 0 radical (unpaired) electrons. The Hall–Kier alpha value is -0.300. The fourth-order valence-electron chi connectivity index (χ4n) is 3.87. The maximum absolute atomic E-state index is 3.84. The Morgan fingerprint density at radius 1 is 1.17 bits per heavy atom. The predicted octanol–water partition coefficient (Wildman–Crippen LogP) is 4.44. The summed E-state index contributed by atoms with van der Waals surface area (Å²) in [4.78, 5) is 0. The molecule has 0 aromatic carbocycles. The van der Waals surface area contributed by atoms with E-state index in [-0.39, 0.29) is 0 Å². The number of hydrogen-bond acceptors (Lipinski definition) is 1. The molecule has 0 saturated heterocycles. The van der Waals surface area contributed by atoms with E-state index in [4.69, 9.17) is 0 Å². The highest BCUT2D eigenvalue weighted by atomic mass is 15.0. The van der Waals surface area contributed by atoms with Crippen LogP contribution in [0.4, 0.5) is 0 Å². The molecule has 1 nitrogen and oxygen atoms in total. The molecule has 1 heteroatoms. The quantitative estimate of drug-likeness (QED) is 0.724. The van der Waals surface area contributed by atoms with E-state index >= 15 is 0 Å². The van der Waals surface area contributed by atoms with E-state index in [0.29, 0.717) is 5.41 Å². The summed E-state index contributed by atoms with van der Waals surface area (Å²) in [5, 5.41) is 3.84. The molecule has 0 bridgehead atoms. The second kappa shape index (κ2) is 5.36. The normalized spacial score (nSPS) is 37.4. The number of nitrogens with one attached hydrogen (secondary N) is 1. The lowest BCUT2D eigenvalue weighted by molar-refractivity contribution is 0.183. The van der Waals surface area contributed by atoms with Crippen molar-refractivity contribution in [3.8, 4) is 0 Å². The highest BCUT2D eigenvalue weighted by Crippen LogP contribution is 2.47. The minimum Gasteiger partial charge on any atom is -0.313 e. The van der Waals surface area contributed by atoms with Gasteiger partial charge in [0.1, 0.15) is 0 Å². The van der Waals surface area contributed by atoms with Crippen molar-refractivity contribution in [2.45, 2.75) is 77.2 Å². The van der Waals surface area contributed by atoms with Crippen LogP contribution >= 0.6 is 0 Å². The standard InChI is InChI=1S/C17H29N/c1-14-9-11-17(12-10-14,13-18-16-7-8-16)15-5-3-2-4-6-15/h5,14,16,18H,2-4,6-13H2,1H3. The lowest BCUT2D eigenvalue weighted by atomic mass is 9.64. The van der Waals surface area contributed by atoms with Crippen molar-refractivity contribution in [1.29, 1.82) is 0 Å². The molecular formula is C17H29N. The molecule has 3 aliphatic carbocycles. The van der Waals surface area contributed by atoms with Crippen molar-refractivity contribution < 1.29 is 0 Å². The predicted molar refractivity (Wildman–Crippen MR) is 77.6 cm³/mol. The maximum atomic E-state index is 3.84. The molecule has 2 fully saturated rings. The van der Waals surface area contributed by atoms with Crippen molar-refractivity contribution >= 4 is 0 Å². The Balaban J connectivity index is 1.70. The second-order valence-corrected chi connectivity index (χ2v) is 7.09. The van der Waals surface area contributed by atoms with Crippen LogP contribution in [0.1, 0.15) is 71.1 Å². The van der Waals surface area contributed by atoms with Crippen molar-refractivity contribution in [3.05, 3.63) is 11.6 Å². The Bertz CT molecular complexity index is 306. The average molecular weight is 247 g/mol. The summed E-state index contributed by atoms with van der Waals surface area (Å²) < 4.78 is 0. The molecule has 0 aliphatic heterocycles. The molecule has 102 valence electrons. The van der Waals surface area contributed by atoms with Crippen molar-refractivity contribution in [2.24, 2.45) is 11.3 Å². The summed E-state index contributed by atoms with van der Waals surface area (Å²) in [6, 6.07) is 0.866. The van der Waals surface area contributed by atoms with Gasteiger partial charge in [0.15, 0.2) is 0 Å². The van der Waals surface area contributed by atoms with Crippen LogP contribution in [0, 0.1) is 11.3 Å². The molecule has 0 unspecified atom stereocenters. The van der Waals surface area contributed by atoms with E-state index in [1.807, 2.05) is 5.57 Å². The molecule has 0 amide bonds. The summed E-state index contributed by atoms with van der Waals surface area (Å²) in [6.45, 7) is 3.71. The van der Waals surface area contributed by atoms with E-state index in [2.05, 4.69) is 18.3 Å². The van der Waals surface area contributed by atoms with Gasteiger partial charge in [0.05, 0.1) is 0 Å². The smallest absolute Gasteiger partial charge is 0.00685 e. The third kappa shape index (κ3) is 2.82. The van der Waals surface area contributed by atoms with Gasteiger partial charge in [-0.2, -0.15) is 0 Å². The number of hydrogen-bond donors (Lipinski definition) is 1. The van der Waals surface area contributed by atoms with Crippen LogP contribution in [0.2, 0.25) is 0 Å². The molecule has 3 aliphatic rings. The van der Waals surface area contributed by atoms with E-state index in [1.165, 1.54) is 70.8 Å². The Morgan fingerprint density at radius 2 is 1.94 bits per heavy atom. The topological polar surface area (TPSA) is 12.0 Å². The first kappa shape index (κ1) is 12.7. The second-order valence-electron chi connectivity index (χ2n) is 7.09. The highest BCUT2D eigenvalue weighted by Gasteiger charge is 2.38. The van der Waals surface area contributed by atoms with Gasteiger partial charge in [-0.15, -0.1) is 0 Å². The SMILES string of the molecule is CC1CCC(CNC2CC2)(C2=CCCCC2)CC1. The van der Waals surface area contributed by atoms with Crippen molar-refractivity contribution in [2.75, 3.05) is 6.54 Å². The van der Waals surface area contributed by atoms with Crippen molar-refractivity contribution in [1.82, 2.24) is 5.32 Å². The van der Waals surface area contributed by atoms with Gasteiger partial charge < -0.3 is 5.32 Å². The van der Waals surface area contributed by atoms with Crippen molar-refractivity contribution in [3.63, 3.8) is 0 Å². The molecular weight excluding hydrogens is 218 g/mol. The van der Waals surface area contributed by atoms with E-state index in [1.54, 1.807) is 0 Å². The molecule has 0 spiro atoms. The Kier molecular flexibility index (Phi) is 3.79. The van der Waals surface area contributed by atoms with Gasteiger partial charge in [-0.1, -0.05) is 18.6 Å². The van der Waals surface area contributed by atoms with Crippen LogP contribution in [-0.2, 0) is 0 Å². The van der Waals surface area contributed by atoms with Gasteiger partial charge in [0, 0.05) is 18.0 Å². The fourth-order valence-corrected chi connectivity index (χ4v) is 3.87.